The first-order chi connectivity index (χ1) is 8.62. The number of rotatable bonds is 5. The third kappa shape index (κ3) is 3.08. The Balaban J connectivity index is 2.17. The van der Waals surface area contributed by atoms with Gasteiger partial charge in [0.05, 0.1) is 5.52 Å². The monoisotopic (exact) mass is 242 g/mol. The lowest BCUT2D eigenvalue weighted by atomic mass is 9.98. The second-order valence-corrected chi connectivity index (χ2v) is 5.47. The second-order valence-electron chi connectivity index (χ2n) is 5.47. The number of fused-ring (bicyclic) bond motifs is 1. The number of aromatic nitrogens is 1. The highest BCUT2D eigenvalue weighted by atomic mass is 14.9. The smallest absolute Gasteiger partial charge is 0.0705 e. The molecule has 0 fully saturated rings. The molecule has 1 heterocycles. The summed E-state index contributed by atoms with van der Waals surface area (Å²) < 4.78 is 0. The Hall–Kier alpha value is -1.41. The largest absolute Gasteiger partial charge is 0.308 e. The zero-order valence-corrected chi connectivity index (χ0v) is 11.5. The molecule has 0 aliphatic heterocycles. The van der Waals surface area contributed by atoms with Crippen LogP contribution in [0.2, 0.25) is 0 Å². The van der Waals surface area contributed by atoms with E-state index in [2.05, 4.69) is 55.3 Å². The molecule has 2 nitrogen and oxygen atoms in total. The van der Waals surface area contributed by atoms with Crippen molar-refractivity contribution in [3.63, 3.8) is 0 Å². The van der Waals surface area contributed by atoms with Gasteiger partial charge < -0.3 is 5.32 Å². The fraction of sp³-hybridized carbons (Fsp3) is 0.438. The highest BCUT2D eigenvalue weighted by Crippen LogP contribution is 2.18. The van der Waals surface area contributed by atoms with Gasteiger partial charge in [0, 0.05) is 23.7 Å². The number of hydrogen-bond donors (Lipinski definition) is 1. The van der Waals surface area contributed by atoms with Crippen molar-refractivity contribution >= 4 is 10.9 Å². The first-order valence-corrected chi connectivity index (χ1v) is 6.70. The summed E-state index contributed by atoms with van der Waals surface area (Å²) in [5.74, 6) is 0. The minimum Gasteiger partial charge on any atom is -0.308 e. The molecule has 2 aromatic rings. The van der Waals surface area contributed by atoms with Gasteiger partial charge in [-0.3, -0.25) is 4.98 Å². The maximum absolute atomic E-state index is 4.39. The molecule has 0 aliphatic carbocycles. The van der Waals surface area contributed by atoms with Crippen molar-refractivity contribution in [1.29, 1.82) is 0 Å². The van der Waals surface area contributed by atoms with Crippen molar-refractivity contribution < 1.29 is 0 Å². The van der Waals surface area contributed by atoms with Gasteiger partial charge in [-0.1, -0.05) is 31.5 Å². The molecule has 18 heavy (non-hydrogen) atoms. The molecule has 0 saturated heterocycles. The van der Waals surface area contributed by atoms with Crippen LogP contribution in [0, 0.1) is 0 Å². The lowest BCUT2D eigenvalue weighted by Crippen LogP contribution is -2.38. The molecule has 1 aromatic heterocycles. The Bertz CT molecular complexity index is 512. The number of nitrogens with one attached hydrogen (secondary N) is 1. The molecule has 1 N–H and O–H groups in total. The van der Waals surface area contributed by atoms with Gasteiger partial charge in [-0.25, -0.2) is 0 Å². The number of nitrogens with zero attached hydrogens (tertiary/aromatic N) is 1. The Morgan fingerprint density at radius 2 is 1.94 bits per heavy atom. The zero-order valence-electron chi connectivity index (χ0n) is 11.5. The van der Waals surface area contributed by atoms with Crippen LogP contribution in [0.15, 0.2) is 36.5 Å². The van der Waals surface area contributed by atoms with Crippen LogP contribution in [-0.2, 0) is 6.54 Å². The van der Waals surface area contributed by atoms with Gasteiger partial charge in [0.1, 0.15) is 0 Å². The number of benzene rings is 1. The molecule has 0 amide bonds. The van der Waals surface area contributed by atoms with E-state index in [1.54, 1.807) is 0 Å². The first kappa shape index (κ1) is 13.0. The van der Waals surface area contributed by atoms with Crippen LogP contribution in [0.4, 0.5) is 0 Å². The van der Waals surface area contributed by atoms with Crippen LogP contribution in [0.5, 0.6) is 0 Å². The van der Waals surface area contributed by atoms with E-state index < -0.39 is 0 Å². The van der Waals surface area contributed by atoms with Crippen molar-refractivity contribution in [3.8, 4) is 0 Å². The molecule has 2 rings (SSSR count). The SMILES string of the molecule is CCCC(C)(C)NCc1ccnc2ccccc12. The topological polar surface area (TPSA) is 24.9 Å². The lowest BCUT2D eigenvalue weighted by molar-refractivity contribution is 0.357. The summed E-state index contributed by atoms with van der Waals surface area (Å²) >= 11 is 0. The van der Waals surface area contributed by atoms with E-state index in [-0.39, 0.29) is 5.54 Å². The molecule has 0 atom stereocenters. The highest BCUT2D eigenvalue weighted by molar-refractivity contribution is 5.81. The van der Waals surface area contributed by atoms with Crippen LogP contribution >= 0.6 is 0 Å². The third-order valence-electron chi connectivity index (χ3n) is 3.37. The van der Waals surface area contributed by atoms with Crippen LogP contribution in [0.3, 0.4) is 0 Å². The number of hydrogen-bond acceptors (Lipinski definition) is 2. The van der Waals surface area contributed by atoms with Crippen molar-refractivity contribution in [2.24, 2.45) is 0 Å². The third-order valence-corrected chi connectivity index (χ3v) is 3.37. The summed E-state index contributed by atoms with van der Waals surface area (Å²) in [6, 6.07) is 10.4. The van der Waals surface area contributed by atoms with Crippen molar-refractivity contribution in [2.45, 2.75) is 45.7 Å². The zero-order chi connectivity index (χ0) is 13.0. The Kier molecular flexibility index (Phi) is 3.97. The van der Waals surface area contributed by atoms with Gasteiger partial charge in [0.15, 0.2) is 0 Å². The average Bonchev–Trinajstić information content (AvgIpc) is 2.36. The van der Waals surface area contributed by atoms with Gasteiger partial charge in [0.25, 0.3) is 0 Å². The predicted octanol–water partition coefficient (Wildman–Crippen LogP) is 3.90. The summed E-state index contributed by atoms with van der Waals surface area (Å²) in [6.07, 6.45) is 4.29. The molecule has 0 aliphatic rings. The maximum atomic E-state index is 4.39. The van der Waals surface area contributed by atoms with E-state index in [0.717, 1.165) is 12.1 Å². The van der Waals surface area contributed by atoms with Crippen molar-refractivity contribution in [1.82, 2.24) is 10.3 Å². The highest BCUT2D eigenvalue weighted by Gasteiger charge is 2.15. The minimum atomic E-state index is 0.194. The summed E-state index contributed by atoms with van der Waals surface area (Å²) in [4.78, 5) is 4.39. The molecular formula is C16H22N2. The van der Waals surface area contributed by atoms with E-state index in [9.17, 15) is 0 Å². The van der Waals surface area contributed by atoms with E-state index in [4.69, 9.17) is 0 Å². The van der Waals surface area contributed by atoms with Gasteiger partial charge in [-0.2, -0.15) is 0 Å². The molecule has 2 heteroatoms. The normalized spacial score (nSPS) is 11.9. The Labute approximate surface area is 109 Å². The standard InChI is InChI=1S/C16H22N2/c1-4-10-16(2,3)18-12-13-9-11-17-15-8-6-5-7-14(13)15/h5-9,11,18H,4,10,12H2,1-3H3. The van der Waals surface area contributed by atoms with Gasteiger partial charge in [-0.15, -0.1) is 0 Å². The molecule has 0 saturated carbocycles. The fourth-order valence-electron chi connectivity index (χ4n) is 2.36. The van der Waals surface area contributed by atoms with Crippen LogP contribution < -0.4 is 5.32 Å². The molecule has 0 bridgehead atoms. The van der Waals surface area contributed by atoms with E-state index in [1.807, 2.05) is 12.3 Å². The van der Waals surface area contributed by atoms with Gasteiger partial charge in [0.2, 0.25) is 0 Å². The van der Waals surface area contributed by atoms with E-state index in [0.29, 0.717) is 0 Å². The molecule has 0 unspecified atom stereocenters. The average molecular weight is 242 g/mol. The summed E-state index contributed by atoms with van der Waals surface area (Å²) in [6.45, 7) is 7.65. The maximum Gasteiger partial charge on any atom is 0.0705 e. The number of para-hydroxylation sites is 1. The molecule has 1 aromatic carbocycles. The van der Waals surface area contributed by atoms with Crippen LogP contribution in [0.25, 0.3) is 10.9 Å². The molecule has 0 radical (unpaired) electrons. The lowest BCUT2D eigenvalue weighted by Gasteiger charge is -2.26. The van der Waals surface area contributed by atoms with E-state index in [1.165, 1.54) is 23.8 Å². The summed E-state index contributed by atoms with van der Waals surface area (Å²) in [5.41, 5.74) is 2.59. The van der Waals surface area contributed by atoms with Gasteiger partial charge >= 0.3 is 0 Å². The summed E-state index contributed by atoms with van der Waals surface area (Å²) in [5, 5.41) is 4.89. The Morgan fingerprint density at radius 3 is 2.72 bits per heavy atom. The van der Waals surface area contributed by atoms with Crippen LogP contribution in [-0.4, -0.2) is 10.5 Å². The van der Waals surface area contributed by atoms with E-state index >= 15 is 0 Å². The molecule has 0 spiro atoms. The minimum absolute atomic E-state index is 0.194. The molecule has 96 valence electrons. The first-order valence-electron chi connectivity index (χ1n) is 6.70. The second kappa shape index (κ2) is 5.49. The Morgan fingerprint density at radius 1 is 1.17 bits per heavy atom. The van der Waals surface area contributed by atoms with Crippen LogP contribution in [0.1, 0.15) is 39.2 Å². The van der Waals surface area contributed by atoms with Gasteiger partial charge in [-0.05, 0) is 38.0 Å². The molecular weight excluding hydrogens is 220 g/mol. The fourth-order valence-corrected chi connectivity index (χ4v) is 2.36. The number of pyridine rings is 1. The quantitative estimate of drug-likeness (QED) is 0.860. The van der Waals surface area contributed by atoms with Crippen molar-refractivity contribution in [2.75, 3.05) is 0 Å². The van der Waals surface area contributed by atoms with Crippen molar-refractivity contribution in [3.05, 3.63) is 42.1 Å². The predicted molar refractivity (Wildman–Crippen MR) is 77.6 cm³/mol. The summed E-state index contributed by atoms with van der Waals surface area (Å²) in [7, 11) is 0.